The molecule has 0 N–H and O–H groups in total. The lowest BCUT2D eigenvalue weighted by molar-refractivity contribution is 0.0503. The minimum Gasteiger partial charge on any atom is -0.379 e. The van der Waals surface area contributed by atoms with Crippen LogP contribution >= 0.6 is 0 Å². The third-order valence-corrected chi connectivity index (χ3v) is 4.61. The van der Waals surface area contributed by atoms with E-state index < -0.39 is 0 Å². The summed E-state index contributed by atoms with van der Waals surface area (Å²) in [7, 11) is 2.11. The summed E-state index contributed by atoms with van der Waals surface area (Å²) in [4.78, 5) is 4.85. The van der Waals surface area contributed by atoms with E-state index in [0.717, 1.165) is 38.9 Å². The van der Waals surface area contributed by atoms with Gasteiger partial charge in [0.25, 0.3) is 0 Å². The summed E-state index contributed by atoms with van der Waals surface area (Å²) >= 11 is 0. The van der Waals surface area contributed by atoms with Gasteiger partial charge in [-0.15, -0.1) is 0 Å². The van der Waals surface area contributed by atoms with Gasteiger partial charge in [0.15, 0.2) is 0 Å². The van der Waals surface area contributed by atoms with Gasteiger partial charge in [0.05, 0.1) is 13.2 Å². The Morgan fingerprint density at radius 3 is 2.33 bits per heavy atom. The molecular weight excluding hydrogens is 260 g/mol. The maximum atomic E-state index is 5.10. The van der Waals surface area contributed by atoms with E-state index in [0.29, 0.717) is 0 Å². The Labute approximate surface area is 129 Å². The first-order valence-electron chi connectivity index (χ1n) is 8.27. The number of hydrogen-bond donors (Lipinski definition) is 0. The molecule has 3 heteroatoms. The van der Waals surface area contributed by atoms with E-state index in [9.17, 15) is 0 Å². The van der Waals surface area contributed by atoms with Crippen molar-refractivity contribution in [3.05, 3.63) is 35.4 Å². The summed E-state index contributed by atoms with van der Waals surface area (Å²) in [6.45, 7) is 11.0. The highest BCUT2D eigenvalue weighted by atomic mass is 16.5. The van der Waals surface area contributed by atoms with Gasteiger partial charge < -0.3 is 9.64 Å². The lowest BCUT2D eigenvalue weighted by Gasteiger charge is -2.33. The molecule has 2 aliphatic heterocycles. The van der Waals surface area contributed by atoms with Crippen LogP contribution in [0.25, 0.3) is 0 Å². The number of morpholine rings is 1. The topological polar surface area (TPSA) is 15.7 Å². The van der Waals surface area contributed by atoms with Gasteiger partial charge >= 0.3 is 0 Å². The molecule has 0 aliphatic carbocycles. The van der Waals surface area contributed by atoms with Gasteiger partial charge in [0, 0.05) is 32.2 Å². The summed E-state index contributed by atoms with van der Waals surface area (Å²) < 4.78 is 5.10. The van der Waals surface area contributed by atoms with Gasteiger partial charge in [-0.1, -0.05) is 31.2 Å². The van der Waals surface area contributed by atoms with E-state index >= 15 is 0 Å². The van der Waals surface area contributed by atoms with E-state index in [1.807, 2.05) is 0 Å². The van der Waals surface area contributed by atoms with E-state index in [-0.39, 0.29) is 0 Å². The number of fused-ring (bicyclic) bond motifs is 1. The first-order valence-corrected chi connectivity index (χ1v) is 8.27. The van der Waals surface area contributed by atoms with Crippen molar-refractivity contribution in [2.24, 2.45) is 0 Å². The summed E-state index contributed by atoms with van der Waals surface area (Å²) in [6.07, 6.45) is 2.47. The predicted molar refractivity (Wildman–Crippen MR) is 88.6 cm³/mol. The Bertz CT molecular complexity index is 415. The highest BCUT2D eigenvalue weighted by Gasteiger charge is 2.18. The molecule has 3 nitrogen and oxygen atoms in total. The standard InChI is InChI=1S/C13H19N.C5H11NO/c1-3-11(2)14-9-8-12-6-4-5-7-13(12)10-14;1-6-2-4-7-5-3-6/h4-7,11H,3,8-10H2,1-2H3;2-5H2,1H3. The molecular formula is C18H30N2O. The van der Waals surface area contributed by atoms with Crippen molar-refractivity contribution in [3.63, 3.8) is 0 Å². The first-order chi connectivity index (χ1) is 10.2. The zero-order chi connectivity index (χ0) is 15.1. The molecule has 0 spiro atoms. The van der Waals surface area contributed by atoms with Gasteiger partial charge in [0.2, 0.25) is 0 Å². The number of likely N-dealkylation sites (N-methyl/N-ethyl adjacent to an activating group) is 1. The second-order valence-corrected chi connectivity index (χ2v) is 6.16. The second-order valence-electron chi connectivity index (χ2n) is 6.16. The molecule has 0 amide bonds. The molecule has 1 unspecified atom stereocenters. The molecule has 0 bridgehead atoms. The van der Waals surface area contributed by atoms with E-state index in [4.69, 9.17) is 4.74 Å². The van der Waals surface area contributed by atoms with Crippen LogP contribution < -0.4 is 0 Å². The van der Waals surface area contributed by atoms with Crippen LogP contribution in [-0.2, 0) is 17.7 Å². The molecule has 1 fully saturated rings. The summed E-state index contributed by atoms with van der Waals surface area (Å²) in [5.41, 5.74) is 3.08. The Kier molecular flexibility index (Phi) is 6.68. The Hall–Kier alpha value is -0.900. The molecule has 1 saturated heterocycles. The van der Waals surface area contributed by atoms with Crippen LogP contribution in [0.4, 0.5) is 0 Å². The average Bonchev–Trinajstić information content (AvgIpc) is 2.55. The van der Waals surface area contributed by atoms with Gasteiger partial charge in [-0.3, -0.25) is 4.90 Å². The lowest BCUT2D eigenvalue weighted by atomic mass is 9.98. The van der Waals surface area contributed by atoms with Crippen LogP contribution in [-0.4, -0.2) is 55.7 Å². The molecule has 1 aromatic carbocycles. The summed E-state index contributed by atoms with van der Waals surface area (Å²) in [5, 5.41) is 0. The third-order valence-electron chi connectivity index (χ3n) is 4.61. The van der Waals surface area contributed by atoms with Crippen molar-refractivity contribution in [1.82, 2.24) is 9.80 Å². The number of nitrogens with zero attached hydrogens (tertiary/aromatic N) is 2. The quantitative estimate of drug-likeness (QED) is 0.833. The lowest BCUT2D eigenvalue weighted by Crippen LogP contribution is -2.37. The molecule has 118 valence electrons. The van der Waals surface area contributed by atoms with Crippen molar-refractivity contribution in [3.8, 4) is 0 Å². The van der Waals surface area contributed by atoms with Crippen LogP contribution in [0.3, 0.4) is 0 Å². The predicted octanol–water partition coefficient (Wildman–Crippen LogP) is 2.79. The van der Waals surface area contributed by atoms with Crippen molar-refractivity contribution in [2.75, 3.05) is 39.9 Å². The number of hydrogen-bond acceptors (Lipinski definition) is 3. The monoisotopic (exact) mass is 290 g/mol. The fourth-order valence-electron chi connectivity index (χ4n) is 2.81. The van der Waals surface area contributed by atoms with E-state index in [2.05, 4.69) is 55.0 Å². The van der Waals surface area contributed by atoms with Crippen LogP contribution in [0.5, 0.6) is 0 Å². The highest BCUT2D eigenvalue weighted by Crippen LogP contribution is 2.20. The zero-order valence-corrected chi connectivity index (χ0v) is 13.8. The summed E-state index contributed by atoms with van der Waals surface area (Å²) in [6, 6.07) is 9.56. The second kappa shape index (κ2) is 8.52. The Morgan fingerprint density at radius 1 is 1.10 bits per heavy atom. The summed E-state index contributed by atoms with van der Waals surface area (Å²) in [5.74, 6) is 0. The van der Waals surface area contributed by atoms with Crippen molar-refractivity contribution in [2.45, 2.75) is 39.3 Å². The van der Waals surface area contributed by atoms with Crippen molar-refractivity contribution >= 4 is 0 Å². The highest BCUT2D eigenvalue weighted by molar-refractivity contribution is 5.29. The minimum absolute atomic E-state index is 0.725. The molecule has 21 heavy (non-hydrogen) atoms. The molecule has 1 atom stereocenters. The van der Waals surface area contributed by atoms with Crippen molar-refractivity contribution in [1.29, 1.82) is 0 Å². The fraction of sp³-hybridized carbons (Fsp3) is 0.667. The van der Waals surface area contributed by atoms with E-state index in [1.165, 1.54) is 24.9 Å². The minimum atomic E-state index is 0.725. The van der Waals surface area contributed by atoms with Crippen LogP contribution in [0.2, 0.25) is 0 Å². The maximum absolute atomic E-state index is 5.10. The van der Waals surface area contributed by atoms with Crippen LogP contribution in [0, 0.1) is 0 Å². The van der Waals surface area contributed by atoms with Gasteiger partial charge in [-0.25, -0.2) is 0 Å². The molecule has 0 radical (unpaired) electrons. The molecule has 2 aliphatic rings. The number of ether oxygens (including phenoxy) is 1. The molecule has 2 heterocycles. The smallest absolute Gasteiger partial charge is 0.0594 e. The van der Waals surface area contributed by atoms with Crippen LogP contribution in [0.1, 0.15) is 31.4 Å². The normalized spacial score (nSPS) is 21.1. The molecule has 1 aromatic rings. The molecule has 0 aromatic heterocycles. The number of rotatable bonds is 2. The Morgan fingerprint density at radius 2 is 1.76 bits per heavy atom. The SMILES string of the molecule is CCC(C)N1CCc2ccccc2C1.CN1CCOCC1. The van der Waals surface area contributed by atoms with Crippen molar-refractivity contribution < 1.29 is 4.74 Å². The third kappa shape index (κ3) is 5.10. The Balaban J connectivity index is 0.000000194. The van der Waals surface area contributed by atoms with E-state index in [1.54, 1.807) is 5.56 Å². The zero-order valence-electron chi connectivity index (χ0n) is 13.8. The average molecular weight is 290 g/mol. The maximum Gasteiger partial charge on any atom is 0.0594 e. The van der Waals surface area contributed by atoms with Gasteiger partial charge in [-0.05, 0) is 37.9 Å². The largest absolute Gasteiger partial charge is 0.379 e. The van der Waals surface area contributed by atoms with Crippen LogP contribution in [0.15, 0.2) is 24.3 Å². The van der Waals surface area contributed by atoms with Gasteiger partial charge in [-0.2, -0.15) is 0 Å². The molecule has 3 rings (SSSR count). The van der Waals surface area contributed by atoms with Gasteiger partial charge in [0.1, 0.15) is 0 Å². The molecule has 0 saturated carbocycles. The number of benzene rings is 1. The fourth-order valence-corrected chi connectivity index (χ4v) is 2.81. The first kappa shape index (κ1) is 16.5.